The predicted molar refractivity (Wildman–Crippen MR) is 89.4 cm³/mol. The molecule has 0 aliphatic carbocycles. The molecule has 2 aliphatic heterocycles. The Morgan fingerprint density at radius 2 is 1.96 bits per heavy atom. The van der Waals surface area contributed by atoms with Gasteiger partial charge in [-0.1, -0.05) is 6.07 Å². The lowest BCUT2D eigenvalue weighted by molar-refractivity contribution is -0.134. The second-order valence-corrected chi connectivity index (χ2v) is 7.44. The van der Waals surface area contributed by atoms with Gasteiger partial charge in [0.1, 0.15) is 16.7 Å². The van der Waals surface area contributed by atoms with Gasteiger partial charge in [0.15, 0.2) is 5.78 Å². The highest BCUT2D eigenvalue weighted by Crippen LogP contribution is 2.41. The maximum absolute atomic E-state index is 12.6. The molecular weight excluding hydrogens is 314 g/mol. The molecule has 23 heavy (non-hydrogen) atoms. The Balaban J connectivity index is 1.81. The van der Waals surface area contributed by atoms with E-state index in [1.54, 1.807) is 11.8 Å². The highest BCUT2D eigenvalue weighted by Gasteiger charge is 2.44. The van der Waals surface area contributed by atoms with Gasteiger partial charge < -0.3 is 9.64 Å². The average molecular weight is 336 g/mol. The van der Waals surface area contributed by atoms with Crippen molar-refractivity contribution in [1.82, 2.24) is 4.90 Å². The molecule has 1 saturated heterocycles. The van der Waals surface area contributed by atoms with Gasteiger partial charge in [-0.15, -0.1) is 11.6 Å². The van der Waals surface area contributed by atoms with Crippen molar-refractivity contribution in [2.45, 2.75) is 51.0 Å². The number of Topliss-reactive ketones (excluding diaryl/α,β-unsaturated/α-hetero) is 1. The van der Waals surface area contributed by atoms with Crippen LogP contribution in [0.15, 0.2) is 12.1 Å². The Kier molecular flexibility index (Phi) is 4.13. The minimum Gasteiger partial charge on any atom is -0.486 e. The molecule has 1 amide bonds. The van der Waals surface area contributed by atoms with E-state index in [2.05, 4.69) is 0 Å². The first-order valence-electron chi connectivity index (χ1n) is 8.08. The van der Waals surface area contributed by atoms with Gasteiger partial charge in [0, 0.05) is 25.9 Å². The number of likely N-dealkylation sites (tertiary alicyclic amines) is 1. The molecule has 1 fully saturated rings. The van der Waals surface area contributed by atoms with Crippen LogP contribution in [0, 0.1) is 13.8 Å². The number of hydrogen-bond donors (Lipinski definition) is 0. The van der Waals surface area contributed by atoms with Crippen LogP contribution in [0.5, 0.6) is 5.75 Å². The molecule has 2 heterocycles. The van der Waals surface area contributed by atoms with Gasteiger partial charge in [-0.05, 0) is 38.0 Å². The Bertz CT molecular complexity index is 660. The SMILES string of the molecule is Cc1cc(C)c2c(c1)OC1(CCN(C(=O)C(C)Cl)CC1)CC2=O. The van der Waals surface area contributed by atoms with E-state index in [0.29, 0.717) is 43.7 Å². The van der Waals surface area contributed by atoms with E-state index in [9.17, 15) is 9.59 Å². The summed E-state index contributed by atoms with van der Waals surface area (Å²) in [5.74, 6) is 0.800. The summed E-state index contributed by atoms with van der Waals surface area (Å²) in [6.45, 7) is 6.82. The summed E-state index contributed by atoms with van der Waals surface area (Å²) in [7, 11) is 0. The Morgan fingerprint density at radius 3 is 2.57 bits per heavy atom. The third-order valence-electron chi connectivity index (χ3n) is 4.86. The molecule has 3 rings (SSSR count). The van der Waals surface area contributed by atoms with E-state index in [1.807, 2.05) is 26.0 Å². The smallest absolute Gasteiger partial charge is 0.240 e. The van der Waals surface area contributed by atoms with Crippen LogP contribution in [0.2, 0.25) is 0 Å². The van der Waals surface area contributed by atoms with Gasteiger partial charge in [-0.3, -0.25) is 9.59 Å². The molecule has 1 aromatic rings. The monoisotopic (exact) mass is 335 g/mol. The first kappa shape index (κ1) is 16.3. The zero-order chi connectivity index (χ0) is 16.8. The van der Waals surface area contributed by atoms with Gasteiger partial charge >= 0.3 is 0 Å². The summed E-state index contributed by atoms with van der Waals surface area (Å²) in [6, 6.07) is 3.96. The number of hydrogen-bond acceptors (Lipinski definition) is 3. The standard InChI is InChI=1S/C18H22ClNO3/c1-11-8-12(2)16-14(21)10-18(23-15(16)9-11)4-6-20(7-5-18)17(22)13(3)19/h8-9,13H,4-7,10H2,1-3H3. The molecule has 4 nitrogen and oxygen atoms in total. The number of halogens is 1. The number of piperidine rings is 1. The Hall–Kier alpha value is -1.55. The molecule has 2 aliphatic rings. The van der Waals surface area contributed by atoms with Gasteiger partial charge in [0.25, 0.3) is 0 Å². The zero-order valence-corrected chi connectivity index (χ0v) is 14.6. The van der Waals surface area contributed by atoms with Crippen molar-refractivity contribution in [3.05, 3.63) is 28.8 Å². The minimum atomic E-state index is -0.510. The Morgan fingerprint density at radius 1 is 1.30 bits per heavy atom. The van der Waals surface area contributed by atoms with Crippen LogP contribution in [0.25, 0.3) is 0 Å². The molecule has 5 heteroatoms. The summed E-state index contributed by atoms with van der Waals surface area (Å²) < 4.78 is 6.29. The van der Waals surface area contributed by atoms with E-state index >= 15 is 0 Å². The fourth-order valence-corrected chi connectivity index (χ4v) is 3.82. The lowest BCUT2D eigenvalue weighted by Crippen LogP contribution is -2.53. The number of ether oxygens (including phenoxy) is 1. The predicted octanol–water partition coefficient (Wildman–Crippen LogP) is 3.26. The van der Waals surface area contributed by atoms with Crippen molar-refractivity contribution in [2.75, 3.05) is 13.1 Å². The van der Waals surface area contributed by atoms with Crippen LogP contribution < -0.4 is 4.74 Å². The quantitative estimate of drug-likeness (QED) is 0.740. The van der Waals surface area contributed by atoms with Crippen molar-refractivity contribution in [1.29, 1.82) is 0 Å². The highest BCUT2D eigenvalue weighted by molar-refractivity contribution is 6.30. The Labute approximate surface area is 141 Å². The largest absolute Gasteiger partial charge is 0.486 e. The molecule has 0 saturated carbocycles. The molecule has 1 spiro atoms. The number of alkyl halides is 1. The molecule has 0 bridgehead atoms. The zero-order valence-electron chi connectivity index (χ0n) is 13.8. The van der Waals surface area contributed by atoms with Gasteiger partial charge in [0.05, 0.1) is 12.0 Å². The summed E-state index contributed by atoms with van der Waals surface area (Å²) in [5, 5.41) is -0.510. The lowest BCUT2D eigenvalue weighted by Gasteiger charge is -2.44. The third kappa shape index (κ3) is 2.97. The fourth-order valence-electron chi connectivity index (χ4n) is 3.68. The van der Waals surface area contributed by atoms with Crippen molar-refractivity contribution >= 4 is 23.3 Å². The van der Waals surface area contributed by atoms with Crippen molar-refractivity contribution in [3.8, 4) is 5.75 Å². The van der Waals surface area contributed by atoms with Gasteiger partial charge in [-0.25, -0.2) is 0 Å². The van der Waals surface area contributed by atoms with Crippen LogP contribution in [0.1, 0.15) is 47.7 Å². The number of benzene rings is 1. The number of amides is 1. The maximum atomic E-state index is 12.6. The summed E-state index contributed by atoms with van der Waals surface area (Å²) >= 11 is 5.89. The number of rotatable bonds is 1. The number of carbonyl (C=O) groups is 2. The van der Waals surface area contributed by atoms with Crippen LogP contribution in [-0.4, -0.2) is 40.7 Å². The van der Waals surface area contributed by atoms with Crippen molar-refractivity contribution in [3.63, 3.8) is 0 Å². The van der Waals surface area contributed by atoms with Crippen LogP contribution in [-0.2, 0) is 4.79 Å². The summed E-state index contributed by atoms with van der Waals surface area (Å²) in [6.07, 6.45) is 1.73. The first-order chi connectivity index (χ1) is 10.8. The van der Waals surface area contributed by atoms with E-state index in [4.69, 9.17) is 16.3 Å². The summed E-state index contributed by atoms with van der Waals surface area (Å²) in [5.41, 5.74) is 2.31. The van der Waals surface area contributed by atoms with Crippen molar-refractivity contribution < 1.29 is 14.3 Å². The molecular formula is C18H22ClNO3. The molecule has 1 atom stereocenters. The second kappa shape index (κ2) is 5.82. The van der Waals surface area contributed by atoms with Crippen molar-refractivity contribution in [2.24, 2.45) is 0 Å². The molecule has 1 aromatic carbocycles. The third-order valence-corrected chi connectivity index (χ3v) is 5.05. The lowest BCUT2D eigenvalue weighted by atomic mass is 9.81. The number of fused-ring (bicyclic) bond motifs is 1. The second-order valence-electron chi connectivity index (χ2n) is 6.78. The number of carbonyl (C=O) groups excluding carboxylic acids is 2. The van der Waals surface area contributed by atoms with E-state index in [1.165, 1.54) is 0 Å². The van der Waals surface area contributed by atoms with Crippen LogP contribution in [0.3, 0.4) is 0 Å². The molecule has 0 aromatic heterocycles. The summed E-state index contributed by atoms with van der Waals surface area (Å²) in [4.78, 5) is 26.4. The van der Waals surface area contributed by atoms with E-state index < -0.39 is 11.0 Å². The first-order valence-corrected chi connectivity index (χ1v) is 8.51. The fraction of sp³-hybridized carbons (Fsp3) is 0.556. The topological polar surface area (TPSA) is 46.6 Å². The van der Waals surface area contributed by atoms with Crippen LogP contribution in [0.4, 0.5) is 0 Å². The number of aryl methyl sites for hydroxylation is 2. The number of nitrogens with zero attached hydrogens (tertiary/aromatic N) is 1. The molecule has 1 unspecified atom stereocenters. The average Bonchev–Trinajstić information content (AvgIpc) is 2.45. The van der Waals surface area contributed by atoms with E-state index in [-0.39, 0.29) is 11.7 Å². The molecule has 0 N–H and O–H groups in total. The van der Waals surface area contributed by atoms with E-state index in [0.717, 1.165) is 11.1 Å². The molecule has 124 valence electrons. The highest BCUT2D eigenvalue weighted by atomic mass is 35.5. The maximum Gasteiger partial charge on any atom is 0.240 e. The minimum absolute atomic E-state index is 0.0456. The molecule has 0 radical (unpaired) electrons. The van der Waals surface area contributed by atoms with Crippen LogP contribution >= 0.6 is 11.6 Å². The van der Waals surface area contributed by atoms with Gasteiger partial charge in [-0.2, -0.15) is 0 Å². The van der Waals surface area contributed by atoms with Gasteiger partial charge in [0.2, 0.25) is 5.91 Å². The number of ketones is 1. The normalized spacial score (nSPS) is 20.9.